The number of piperazine rings is 1. The Balaban J connectivity index is 0.00000361. The summed E-state index contributed by atoms with van der Waals surface area (Å²) in [5.74, 6) is 2.62. The Morgan fingerprint density at radius 2 is 2.05 bits per heavy atom. The van der Waals surface area contributed by atoms with Gasteiger partial charge in [-0.3, -0.25) is 4.79 Å². The summed E-state index contributed by atoms with van der Waals surface area (Å²) in [5.41, 5.74) is 0. The Kier molecular flexibility index (Phi) is 12.8. The van der Waals surface area contributed by atoms with Gasteiger partial charge in [0.1, 0.15) is 0 Å². The SMILES string of the molecule is CC(C)CCSCC(=O)NCCCN1CCNCC1.Cl. The topological polar surface area (TPSA) is 44.4 Å². The third-order valence-corrected chi connectivity index (χ3v) is 4.25. The minimum Gasteiger partial charge on any atom is -0.355 e. The van der Waals surface area contributed by atoms with Crippen LogP contribution in [0, 0.1) is 5.92 Å². The predicted octanol–water partition coefficient (Wildman–Crippen LogP) is 1.60. The minimum absolute atomic E-state index is 0. The minimum atomic E-state index is 0. The monoisotopic (exact) mass is 323 g/mol. The number of hydrogen-bond donors (Lipinski definition) is 2. The van der Waals surface area contributed by atoms with Gasteiger partial charge < -0.3 is 15.5 Å². The Labute approximate surface area is 134 Å². The molecule has 0 aromatic rings. The Hall–Kier alpha value is 0.0300. The predicted molar refractivity (Wildman–Crippen MR) is 91.0 cm³/mol. The van der Waals surface area contributed by atoms with E-state index in [1.807, 2.05) is 0 Å². The molecule has 1 fully saturated rings. The van der Waals surface area contributed by atoms with E-state index >= 15 is 0 Å². The Morgan fingerprint density at radius 1 is 1.35 bits per heavy atom. The lowest BCUT2D eigenvalue weighted by atomic mass is 10.2. The third-order valence-electron chi connectivity index (χ3n) is 3.26. The van der Waals surface area contributed by atoms with E-state index in [0.29, 0.717) is 5.75 Å². The van der Waals surface area contributed by atoms with Crippen LogP contribution in [0.2, 0.25) is 0 Å². The van der Waals surface area contributed by atoms with Crippen molar-refractivity contribution in [1.29, 1.82) is 0 Å². The fourth-order valence-corrected chi connectivity index (χ4v) is 3.07. The van der Waals surface area contributed by atoms with Gasteiger partial charge in [0.25, 0.3) is 0 Å². The van der Waals surface area contributed by atoms with Crippen LogP contribution in [0.4, 0.5) is 0 Å². The molecule has 0 aromatic carbocycles. The van der Waals surface area contributed by atoms with Gasteiger partial charge in [0.2, 0.25) is 5.91 Å². The number of rotatable bonds is 9. The Bertz CT molecular complexity index is 249. The van der Waals surface area contributed by atoms with E-state index in [-0.39, 0.29) is 18.3 Å². The summed E-state index contributed by atoms with van der Waals surface area (Å²) in [6, 6.07) is 0. The molecule has 120 valence electrons. The van der Waals surface area contributed by atoms with Crippen LogP contribution < -0.4 is 10.6 Å². The van der Waals surface area contributed by atoms with Crippen molar-refractivity contribution in [3.63, 3.8) is 0 Å². The Morgan fingerprint density at radius 3 is 2.70 bits per heavy atom. The summed E-state index contributed by atoms with van der Waals surface area (Å²) < 4.78 is 0. The molecular formula is C14H30ClN3OS. The zero-order valence-corrected chi connectivity index (χ0v) is 14.5. The maximum atomic E-state index is 11.6. The first-order valence-corrected chi connectivity index (χ1v) is 8.61. The van der Waals surface area contributed by atoms with Crippen molar-refractivity contribution >= 4 is 30.1 Å². The molecule has 0 aliphatic carbocycles. The van der Waals surface area contributed by atoms with Gasteiger partial charge in [-0.25, -0.2) is 0 Å². The first kappa shape index (κ1) is 20.0. The highest BCUT2D eigenvalue weighted by molar-refractivity contribution is 7.99. The fraction of sp³-hybridized carbons (Fsp3) is 0.929. The van der Waals surface area contributed by atoms with Gasteiger partial charge in [-0.2, -0.15) is 11.8 Å². The molecule has 2 N–H and O–H groups in total. The second-order valence-electron chi connectivity index (χ2n) is 5.53. The van der Waals surface area contributed by atoms with E-state index in [1.165, 1.54) is 6.42 Å². The van der Waals surface area contributed by atoms with Crippen LogP contribution in [0.5, 0.6) is 0 Å². The average Bonchev–Trinajstić information content (AvgIpc) is 2.41. The second kappa shape index (κ2) is 12.7. The van der Waals surface area contributed by atoms with Crippen molar-refractivity contribution in [2.24, 2.45) is 5.92 Å². The van der Waals surface area contributed by atoms with E-state index in [0.717, 1.165) is 57.4 Å². The summed E-state index contributed by atoms with van der Waals surface area (Å²) in [7, 11) is 0. The van der Waals surface area contributed by atoms with Crippen molar-refractivity contribution < 1.29 is 4.79 Å². The number of amides is 1. The summed E-state index contributed by atoms with van der Waals surface area (Å²) in [6.45, 7) is 10.8. The van der Waals surface area contributed by atoms with Gasteiger partial charge in [-0.15, -0.1) is 12.4 Å². The second-order valence-corrected chi connectivity index (χ2v) is 6.64. The lowest BCUT2D eigenvalue weighted by molar-refractivity contribution is -0.118. The first-order chi connectivity index (χ1) is 9.18. The van der Waals surface area contributed by atoms with E-state index < -0.39 is 0 Å². The molecule has 20 heavy (non-hydrogen) atoms. The number of nitrogens with one attached hydrogen (secondary N) is 2. The van der Waals surface area contributed by atoms with Crippen molar-refractivity contribution in [3.8, 4) is 0 Å². The molecule has 1 aliphatic heterocycles. The van der Waals surface area contributed by atoms with Crippen LogP contribution >= 0.6 is 24.2 Å². The normalized spacial score (nSPS) is 15.9. The number of nitrogens with zero attached hydrogens (tertiary/aromatic N) is 1. The molecule has 1 aliphatic rings. The smallest absolute Gasteiger partial charge is 0.229 e. The molecule has 0 unspecified atom stereocenters. The zero-order valence-electron chi connectivity index (χ0n) is 12.8. The van der Waals surface area contributed by atoms with Crippen molar-refractivity contribution in [3.05, 3.63) is 0 Å². The summed E-state index contributed by atoms with van der Waals surface area (Å²) in [6.07, 6.45) is 2.25. The standard InChI is InChI=1S/C14H29N3OS.ClH/c1-13(2)4-11-19-12-14(18)16-5-3-8-17-9-6-15-7-10-17;/h13,15H,3-12H2,1-2H3,(H,16,18);1H. The molecule has 6 heteroatoms. The van der Waals surface area contributed by atoms with Crippen molar-refractivity contribution in [2.45, 2.75) is 26.7 Å². The molecule has 4 nitrogen and oxygen atoms in total. The lowest BCUT2D eigenvalue weighted by Gasteiger charge is -2.27. The summed E-state index contributed by atoms with van der Waals surface area (Å²) in [5, 5.41) is 6.35. The van der Waals surface area contributed by atoms with Gasteiger partial charge >= 0.3 is 0 Å². The van der Waals surface area contributed by atoms with Gasteiger partial charge in [-0.05, 0) is 31.1 Å². The fourth-order valence-electron chi connectivity index (χ4n) is 2.00. The molecule has 1 saturated heterocycles. The molecule has 0 atom stereocenters. The van der Waals surface area contributed by atoms with Crippen LogP contribution in [0.15, 0.2) is 0 Å². The third kappa shape index (κ3) is 10.8. The highest BCUT2D eigenvalue weighted by Crippen LogP contribution is 2.08. The van der Waals surface area contributed by atoms with Crippen molar-refractivity contribution in [1.82, 2.24) is 15.5 Å². The van der Waals surface area contributed by atoms with Gasteiger partial charge in [0.05, 0.1) is 5.75 Å². The lowest BCUT2D eigenvalue weighted by Crippen LogP contribution is -2.44. The molecule has 0 radical (unpaired) electrons. The van der Waals surface area contributed by atoms with E-state index in [4.69, 9.17) is 0 Å². The van der Waals surface area contributed by atoms with E-state index in [2.05, 4.69) is 29.4 Å². The average molecular weight is 324 g/mol. The molecule has 1 rings (SSSR count). The van der Waals surface area contributed by atoms with Crippen LogP contribution in [0.1, 0.15) is 26.7 Å². The van der Waals surface area contributed by atoms with Crippen LogP contribution in [0.25, 0.3) is 0 Å². The number of thioether (sulfide) groups is 1. The summed E-state index contributed by atoms with van der Waals surface area (Å²) in [4.78, 5) is 14.0. The van der Waals surface area contributed by atoms with E-state index in [1.54, 1.807) is 11.8 Å². The molecule has 1 heterocycles. The maximum Gasteiger partial charge on any atom is 0.229 e. The largest absolute Gasteiger partial charge is 0.355 e. The van der Waals surface area contributed by atoms with Crippen LogP contribution in [0.3, 0.4) is 0 Å². The number of halogens is 1. The summed E-state index contributed by atoms with van der Waals surface area (Å²) >= 11 is 1.75. The van der Waals surface area contributed by atoms with Gasteiger partial charge in [0.15, 0.2) is 0 Å². The molecule has 0 aromatic heterocycles. The van der Waals surface area contributed by atoms with Gasteiger partial charge in [-0.1, -0.05) is 13.8 Å². The first-order valence-electron chi connectivity index (χ1n) is 7.46. The van der Waals surface area contributed by atoms with Crippen LogP contribution in [-0.4, -0.2) is 61.6 Å². The molecule has 0 spiro atoms. The number of carbonyl (C=O) groups is 1. The molecular weight excluding hydrogens is 294 g/mol. The quantitative estimate of drug-likeness (QED) is 0.633. The zero-order chi connectivity index (χ0) is 13.9. The highest BCUT2D eigenvalue weighted by Gasteiger charge is 2.08. The molecule has 0 saturated carbocycles. The van der Waals surface area contributed by atoms with E-state index in [9.17, 15) is 4.79 Å². The molecule has 1 amide bonds. The van der Waals surface area contributed by atoms with Crippen molar-refractivity contribution in [2.75, 3.05) is 50.8 Å². The highest BCUT2D eigenvalue weighted by atomic mass is 35.5. The molecule has 0 bridgehead atoms. The van der Waals surface area contributed by atoms with Gasteiger partial charge in [0, 0.05) is 32.7 Å². The maximum absolute atomic E-state index is 11.6. The van der Waals surface area contributed by atoms with Crippen LogP contribution in [-0.2, 0) is 4.79 Å². The number of hydrogen-bond acceptors (Lipinski definition) is 4. The number of carbonyl (C=O) groups excluding carboxylic acids is 1.